The molecule has 152 valence electrons. The third-order valence-electron chi connectivity index (χ3n) is 4.58. The molecule has 4 rings (SSSR count). The average molecular weight is 530 g/mol. The van der Waals surface area contributed by atoms with E-state index in [0.29, 0.717) is 39.6 Å². The molecule has 0 fully saturated rings. The van der Waals surface area contributed by atoms with Crippen molar-refractivity contribution in [3.8, 4) is 23.0 Å². The van der Waals surface area contributed by atoms with Crippen LogP contribution in [0.4, 0.5) is 5.69 Å². The van der Waals surface area contributed by atoms with Crippen LogP contribution >= 0.6 is 31.9 Å². The van der Waals surface area contributed by atoms with Crippen molar-refractivity contribution < 1.29 is 14.3 Å². The van der Waals surface area contributed by atoms with E-state index in [2.05, 4.69) is 41.8 Å². The second-order valence-corrected chi connectivity index (χ2v) is 8.26. The van der Waals surface area contributed by atoms with E-state index in [1.54, 1.807) is 12.3 Å². The second kappa shape index (κ2) is 8.62. The summed E-state index contributed by atoms with van der Waals surface area (Å²) in [4.78, 5) is 9.14. The van der Waals surface area contributed by atoms with Gasteiger partial charge in [-0.1, -0.05) is 18.2 Å². The summed E-state index contributed by atoms with van der Waals surface area (Å²) >= 11 is 6.95. The molecule has 0 aliphatic rings. The fourth-order valence-electron chi connectivity index (χ4n) is 3.06. The van der Waals surface area contributed by atoms with E-state index in [4.69, 9.17) is 9.15 Å². The zero-order valence-electron chi connectivity index (χ0n) is 16.3. The van der Waals surface area contributed by atoms with E-state index < -0.39 is 0 Å². The summed E-state index contributed by atoms with van der Waals surface area (Å²) in [6, 6.07) is 15.2. The summed E-state index contributed by atoms with van der Waals surface area (Å²) in [7, 11) is 0. The Hall–Kier alpha value is -2.64. The standard InChI is InChI=1S/C23H18Br2N2O3/c1-3-29-20-11-17(24)21(25)16(22(20)28)12-26-14-8-9-19-18(10-14)27-23(30-19)15-7-5-4-6-13(15)2/h4-12,28H,3H2,1-2H3. The maximum Gasteiger partial charge on any atom is 0.227 e. The summed E-state index contributed by atoms with van der Waals surface area (Å²) in [5.41, 5.74) is 4.69. The number of halogens is 2. The molecule has 0 bridgehead atoms. The molecular formula is C23H18Br2N2O3. The Balaban J connectivity index is 1.70. The smallest absolute Gasteiger partial charge is 0.227 e. The zero-order valence-corrected chi connectivity index (χ0v) is 19.5. The van der Waals surface area contributed by atoms with Crippen molar-refractivity contribution >= 4 is 54.9 Å². The van der Waals surface area contributed by atoms with Crippen molar-refractivity contribution in [3.05, 3.63) is 68.6 Å². The number of oxazole rings is 1. The van der Waals surface area contributed by atoms with Gasteiger partial charge in [-0.25, -0.2) is 4.98 Å². The second-order valence-electron chi connectivity index (χ2n) is 6.61. The number of hydrogen-bond donors (Lipinski definition) is 1. The summed E-state index contributed by atoms with van der Waals surface area (Å²) in [5.74, 6) is 1.00. The van der Waals surface area contributed by atoms with Crippen molar-refractivity contribution in [2.75, 3.05) is 6.61 Å². The Morgan fingerprint density at radius 3 is 2.73 bits per heavy atom. The van der Waals surface area contributed by atoms with E-state index in [0.717, 1.165) is 21.1 Å². The fourth-order valence-corrected chi connectivity index (χ4v) is 3.88. The molecule has 0 saturated heterocycles. The van der Waals surface area contributed by atoms with Gasteiger partial charge in [-0.3, -0.25) is 4.99 Å². The highest BCUT2D eigenvalue weighted by molar-refractivity contribution is 9.13. The Morgan fingerprint density at radius 2 is 1.97 bits per heavy atom. The van der Waals surface area contributed by atoms with E-state index in [1.165, 1.54) is 0 Å². The minimum atomic E-state index is 0.0278. The maximum absolute atomic E-state index is 10.5. The van der Waals surface area contributed by atoms with Gasteiger partial charge in [-0.05, 0) is 81.6 Å². The molecule has 0 atom stereocenters. The first kappa shape index (κ1) is 20.6. The Kier molecular flexibility index (Phi) is 5.92. The van der Waals surface area contributed by atoms with E-state index in [1.807, 2.05) is 56.3 Å². The quantitative estimate of drug-likeness (QED) is 0.278. The molecule has 1 heterocycles. The normalized spacial score (nSPS) is 11.5. The Morgan fingerprint density at radius 1 is 1.17 bits per heavy atom. The van der Waals surface area contributed by atoms with Gasteiger partial charge in [0.15, 0.2) is 17.1 Å². The number of aromatic nitrogens is 1. The number of phenols is 1. The van der Waals surface area contributed by atoms with Crippen molar-refractivity contribution in [1.29, 1.82) is 0 Å². The van der Waals surface area contributed by atoms with Crippen molar-refractivity contribution in [2.45, 2.75) is 13.8 Å². The Bertz CT molecular complexity index is 1270. The number of benzene rings is 3. The van der Waals surface area contributed by atoms with Gasteiger partial charge in [0.05, 0.1) is 17.9 Å². The number of ether oxygens (including phenoxy) is 1. The van der Waals surface area contributed by atoms with Gasteiger partial charge in [-0.15, -0.1) is 0 Å². The SMILES string of the molecule is CCOc1cc(Br)c(Br)c(C=Nc2ccc3oc(-c4ccccc4C)nc3c2)c1O. The van der Waals surface area contributed by atoms with Crippen LogP contribution in [0.5, 0.6) is 11.5 Å². The van der Waals surface area contributed by atoms with Crippen LogP contribution in [0.25, 0.3) is 22.6 Å². The number of phenolic OH excluding ortho intramolecular Hbond substituents is 1. The third kappa shape index (κ3) is 4.00. The van der Waals surface area contributed by atoms with E-state index in [9.17, 15) is 5.11 Å². The average Bonchev–Trinajstić information content (AvgIpc) is 3.15. The molecule has 0 saturated carbocycles. The molecule has 0 aliphatic heterocycles. The third-order valence-corrected chi connectivity index (χ3v) is 6.59. The number of hydrogen-bond acceptors (Lipinski definition) is 5. The van der Waals surface area contributed by atoms with Crippen molar-refractivity contribution in [3.63, 3.8) is 0 Å². The van der Waals surface area contributed by atoms with Gasteiger partial charge >= 0.3 is 0 Å². The molecule has 0 unspecified atom stereocenters. The van der Waals surface area contributed by atoms with Gasteiger partial charge in [-0.2, -0.15) is 0 Å². The lowest BCUT2D eigenvalue weighted by molar-refractivity contribution is 0.317. The first-order valence-corrected chi connectivity index (χ1v) is 10.9. The Labute approximate surface area is 190 Å². The van der Waals surface area contributed by atoms with Crippen LogP contribution in [-0.2, 0) is 0 Å². The monoisotopic (exact) mass is 528 g/mol. The lowest BCUT2D eigenvalue weighted by Crippen LogP contribution is -1.95. The number of aromatic hydroxyl groups is 1. The van der Waals surface area contributed by atoms with Gasteiger partial charge in [0.1, 0.15) is 5.52 Å². The van der Waals surface area contributed by atoms with Gasteiger partial charge in [0.2, 0.25) is 5.89 Å². The molecule has 0 aliphatic carbocycles. The first-order chi connectivity index (χ1) is 14.5. The highest BCUT2D eigenvalue weighted by Gasteiger charge is 2.15. The predicted octanol–water partition coefficient (Wildman–Crippen LogP) is 7.18. The molecule has 1 N–H and O–H groups in total. The van der Waals surface area contributed by atoms with Gasteiger partial charge < -0.3 is 14.3 Å². The molecule has 4 aromatic rings. The first-order valence-electron chi connectivity index (χ1n) is 9.32. The predicted molar refractivity (Wildman–Crippen MR) is 126 cm³/mol. The molecule has 3 aromatic carbocycles. The number of rotatable bonds is 5. The lowest BCUT2D eigenvalue weighted by atomic mass is 10.1. The highest BCUT2D eigenvalue weighted by Crippen LogP contribution is 2.40. The number of fused-ring (bicyclic) bond motifs is 1. The van der Waals surface area contributed by atoms with E-state index >= 15 is 0 Å². The largest absolute Gasteiger partial charge is 0.504 e. The van der Waals surface area contributed by atoms with Crippen LogP contribution in [0.1, 0.15) is 18.1 Å². The number of nitrogens with zero attached hydrogens (tertiary/aromatic N) is 2. The van der Waals surface area contributed by atoms with Gasteiger partial charge in [0.25, 0.3) is 0 Å². The number of aliphatic imine (C=N–C) groups is 1. The minimum Gasteiger partial charge on any atom is -0.504 e. The molecule has 0 amide bonds. The van der Waals surface area contributed by atoms with Gasteiger partial charge in [0, 0.05) is 20.7 Å². The summed E-state index contributed by atoms with van der Waals surface area (Å²) in [5, 5.41) is 10.5. The molecule has 0 radical (unpaired) electrons. The lowest BCUT2D eigenvalue weighted by Gasteiger charge is -2.11. The van der Waals surface area contributed by atoms with Crippen LogP contribution in [0.3, 0.4) is 0 Å². The number of aryl methyl sites for hydroxylation is 1. The molecule has 30 heavy (non-hydrogen) atoms. The van der Waals surface area contributed by atoms with Crippen LogP contribution in [0, 0.1) is 6.92 Å². The molecule has 5 nitrogen and oxygen atoms in total. The molecule has 1 aromatic heterocycles. The summed E-state index contributed by atoms with van der Waals surface area (Å²) in [6.45, 7) is 4.34. The van der Waals surface area contributed by atoms with Crippen LogP contribution < -0.4 is 4.74 Å². The molecule has 0 spiro atoms. The fraction of sp³-hybridized carbons (Fsp3) is 0.130. The molecule has 7 heteroatoms. The van der Waals surface area contributed by atoms with E-state index in [-0.39, 0.29) is 5.75 Å². The molecular weight excluding hydrogens is 512 g/mol. The summed E-state index contributed by atoms with van der Waals surface area (Å²) < 4.78 is 12.9. The van der Waals surface area contributed by atoms with Crippen LogP contribution in [0.15, 0.2) is 66.9 Å². The van der Waals surface area contributed by atoms with Crippen LogP contribution in [0.2, 0.25) is 0 Å². The van der Waals surface area contributed by atoms with Crippen molar-refractivity contribution in [2.24, 2.45) is 4.99 Å². The topological polar surface area (TPSA) is 67.9 Å². The van der Waals surface area contributed by atoms with Crippen molar-refractivity contribution in [1.82, 2.24) is 4.98 Å². The summed E-state index contributed by atoms with van der Waals surface area (Å²) in [6.07, 6.45) is 1.59. The maximum atomic E-state index is 10.5. The zero-order chi connectivity index (χ0) is 21.3. The van der Waals surface area contributed by atoms with Crippen LogP contribution in [-0.4, -0.2) is 22.9 Å². The minimum absolute atomic E-state index is 0.0278. The highest BCUT2D eigenvalue weighted by atomic mass is 79.9.